The lowest BCUT2D eigenvalue weighted by Crippen LogP contribution is -2.19. The largest absolute Gasteiger partial charge is 0.573 e. The topological polar surface area (TPSA) is 66.6 Å². The summed E-state index contributed by atoms with van der Waals surface area (Å²) in [6.45, 7) is -0.0820. The first-order chi connectivity index (χ1) is 7.92. The van der Waals surface area contributed by atoms with E-state index in [0.717, 1.165) is 6.20 Å². The van der Waals surface area contributed by atoms with Crippen LogP contribution in [0.4, 0.5) is 13.2 Å². The third-order valence-electron chi connectivity index (χ3n) is 1.86. The third-order valence-corrected chi connectivity index (χ3v) is 1.86. The first-order valence-electron chi connectivity index (χ1n) is 4.48. The lowest BCUT2D eigenvalue weighted by molar-refractivity contribution is -0.275. The molecule has 17 heavy (non-hydrogen) atoms. The molecule has 1 aromatic heterocycles. The standard InChI is InChI=1S/C9H11F3N2O3/c1-15-6-4-14-5(3-13)7(16-2)8(6)17-9(10,11)12/h4H,3,13H2,1-2H3. The van der Waals surface area contributed by atoms with Gasteiger partial charge in [0.1, 0.15) is 0 Å². The van der Waals surface area contributed by atoms with Crippen molar-refractivity contribution in [2.45, 2.75) is 12.9 Å². The molecule has 0 atom stereocenters. The molecule has 0 amide bonds. The summed E-state index contributed by atoms with van der Waals surface area (Å²) in [5, 5.41) is 0. The number of ether oxygens (including phenoxy) is 3. The summed E-state index contributed by atoms with van der Waals surface area (Å²) >= 11 is 0. The summed E-state index contributed by atoms with van der Waals surface area (Å²) in [7, 11) is 2.39. The highest BCUT2D eigenvalue weighted by Crippen LogP contribution is 2.41. The molecule has 0 unspecified atom stereocenters. The SMILES string of the molecule is COc1cnc(CN)c(OC)c1OC(F)(F)F. The van der Waals surface area contributed by atoms with Crippen LogP contribution in [0.15, 0.2) is 6.20 Å². The molecule has 0 aliphatic carbocycles. The molecule has 0 aliphatic heterocycles. The van der Waals surface area contributed by atoms with Crippen molar-refractivity contribution in [2.24, 2.45) is 5.73 Å². The summed E-state index contributed by atoms with van der Waals surface area (Å²) in [6.07, 6.45) is -3.76. The Kier molecular flexibility index (Phi) is 4.00. The zero-order valence-corrected chi connectivity index (χ0v) is 9.17. The average molecular weight is 252 g/mol. The molecule has 0 radical (unpaired) electrons. The number of aromatic nitrogens is 1. The third kappa shape index (κ3) is 3.13. The maximum absolute atomic E-state index is 12.2. The van der Waals surface area contributed by atoms with Crippen LogP contribution in [0.1, 0.15) is 5.69 Å². The quantitative estimate of drug-likeness (QED) is 0.878. The van der Waals surface area contributed by atoms with Gasteiger partial charge in [-0.15, -0.1) is 13.2 Å². The number of hydrogen-bond donors (Lipinski definition) is 1. The van der Waals surface area contributed by atoms with Crippen LogP contribution in [-0.4, -0.2) is 25.6 Å². The van der Waals surface area contributed by atoms with E-state index in [4.69, 9.17) is 15.2 Å². The number of nitrogens with two attached hydrogens (primary N) is 1. The maximum atomic E-state index is 12.2. The Labute approximate surface area is 95.3 Å². The van der Waals surface area contributed by atoms with Crippen LogP contribution >= 0.6 is 0 Å². The van der Waals surface area contributed by atoms with E-state index in [1.807, 2.05) is 0 Å². The van der Waals surface area contributed by atoms with Gasteiger partial charge >= 0.3 is 6.36 Å². The van der Waals surface area contributed by atoms with Crippen molar-refractivity contribution < 1.29 is 27.4 Å². The second kappa shape index (κ2) is 5.09. The van der Waals surface area contributed by atoms with Gasteiger partial charge in [-0.25, -0.2) is 0 Å². The van der Waals surface area contributed by atoms with Crippen molar-refractivity contribution in [2.75, 3.05) is 14.2 Å². The van der Waals surface area contributed by atoms with Gasteiger partial charge in [-0.3, -0.25) is 4.98 Å². The monoisotopic (exact) mass is 252 g/mol. The first kappa shape index (κ1) is 13.4. The van der Waals surface area contributed by atoms with Gasteiger partial charge in [0.05, 0.1) is 26.1 Å². The molecule has 8 heteroatoms. The molecule has 2 N–H and O–H groups in total. The summed E-state index contributed by atoms with van der Waals surface area (Å²) in [6, 6.07) is 0. The van der Waals surface area contributed by atoms with Crippen LogP contribution in [0.3, 0.4) is 0 Å². The van der Waals surface area contributed by atoms with E-state index in [1.165, 1.54) is 14.2 Å². The first-order valence-corrected chi connectivity index (χ1v) is 4.48. The zero-order chi connectivity index (χ0) is 13.1. The fourth-order valence-corrected chi connectivity index (χ4v) is 1.21. The van der Waals surface area contributed by atoms with Gasteiger partial charge in [0, 0.05) is 6.54 Å². The Morgan fingerprint density at radius 3 is 2.29 bits per heavy atom. The highest BCUT2D eigenvalue weighted by molar-refractivity contribution is 5.52. The van der Waals surface area contributed by atoms with Crippen LogP contribution in [0.25, 0.3) is 0 Å². The summed E-state index contributed by atoms with van der Waals surface area (Å²) in [5.41, 5.74) is 5.48. The molecule has 0 saturated heterocycles. The van der Waals surface area contributed by atoms with E-state index < -0.39 is 12.1 Å². The molecule has 1 aromatic rings. The number of alkyl halides is 3. The van der Waals surface area contributed by atoms with Crippen molar-refractivity contribution >= 4 is 0 Å². The molecule has 0 spiro atoms. The molecule has 0 saturated carbocycles. The van der Waals surface area contributed by atoms with E-state index in [2.05, 4.69) is 9.72 Å². The summed E-state index contributed by atoms with van der Waals surface area (Å²) < 4.78 is 50.0. The number of methoxy groups -OCH3 is 2. The van der Waals surface area contributed by atoms with Gasteiger partial charge in [0.2, 0.25) is 5.75 Å². The zero-order valence-electron chi connectivity index (χ0n) is 9.17. The van der Waals surface area contributed by atoms with Crippen LogP contribution < -0.4 is 19.9 Å². The fourth-order valence-electron chi connectivity index (χ4n) is 1.21. The molecule has 0 bridgehead atoms. The second-order valence-electron chi connectivity index (χ2n) is 2.89. The minimum Gasteiger partial charge on any atom is -0.491 e. The van der Waals surface area contributed by atoms with E-state index in [-0.39, 0.29) is 23.7 Å². The normalized spacial score (nSPS) is 11.2. The summed E-state index contributed by atoms with van der Waals surface area (Å²) in [5.74, 6) is -0.960. The van der Waals surface area contributed by atoms with Gasteiger partial charge in [-0.2, -0.15) is 0 Å². The molecule has 1 heterocycles. The Bertz CT molecular complexity index is 396. The van der Waals surface area contributed by atoms with Crippen LogP contribution in [0.5, 0.6) is 17.2 Å². The minimum atomic E-state index is -4.85. The highest BCUT2D eigenvalue weighted by Gasteiger charge is 2.35. The second-order valence-corrected chi connectivity index (χ2v) is 2.89. The smallest absolute Gasteiger partial charge is 0.491 e. The number of rotatable bonds is 4. The predicted octanol–water partition coefficient (Wildman–Crippen LogP) is 1.46. The Morgan fingerprint density at radius 1 is 1.24 bits per heavy atom. The van der Waals surface area contributed by atoms with E-state index in [9.17, 15) is 13.2 Å². The van der Waals surface area contributed by atoms with Gasteiger partial charge in [-0.1, -0.05) is 0 Å². The van der Waals surface area contributed by atoms with Crippen LogP contribution in [0, 0.1) is 0 Å². The molecule has 1 rings (SSSR count). The molecule has 96 valence electrons. The Balaban J connectivity index is 3.30. The molecule has 0 aromatic carbocycles. The van der Waals surface area contributed by atoms with E-state index >= 15 is 0 Å². The lowest BCUT2D eigenvalue weighted by atomic mass is 10.3. The average Bonchev–Trinajstić information content (AvgIpc) is 2.26. The Hall–Kier alpha value is -1.70. The predicted molar refractivity (Wildman–Crippen MR) is 51.9 cm³/mol. The molecule has 0 aliphatic rings. The molecular weight excluding hydrogens is 241 g/mol. The number of halogens is 3. The minimum absolute atomic E-state index is 0.0820. The van der Waals surface area contributed by atoms with Gasteiger partial charge in [0.15, 0.2) is 11.5 Å². The molecule has 5 nitrogen and oxygen atoms in total. The molecule has 0 fully saturated rings. The van der Waals surface area contributed by atoms with Gasteiger partial charge in [0.25, 0.3) is 0 Å². The lowest BCUT2D eigenvalue weighted by Gasteiger charge is -2.16. The van der Waals surface area contributed by atoms with E-state index in [0.29, 0.717) is 0 Å². The number of nitrogens with zero attached hydrogens (tertiary/aromatic N) is 1. The maximum Gasteiger partial charge on any atom is 0.573 e. The molecular formula is C9H11F3N2O3. The van der Waals surface area contributed by atoms with Gasteiger partial charge in [-0.05, 0) is 0 Å². The van der Waals surface area contributed by atoms with Crippen molar-refractivity contribution in [1.82, 2.24) is 4.98 Å². The van der Waals surface area contributed by atoms with Crippen LogP contribution in [-0.2, 0) is 6.54 Å². The summed E-state index contributed by atoms with van der Waals surface area (Å²) in [4.78, 5) is 3.81. The number of hydrogen-bond acceptors (Lipinski definition) is 5. The number of pyridine rings is 1. The fraction of sp³-hybridized carbons (Fsp3) is 0.444. The Morgan fingerprint density at radius 2 is 1.88 bits per heavy atom. The van der Waals surface area contributed by atoms with Crippen molar-refractivity contribution in [3.8, 4) is 17.2 Å². The van der Waals surface area contributed by atoms with E-state index in [1.54, 1.807) is 0 Å². The van der Waals surface area contributed by atoms with Crippen molar-refractivity contribution in [1.29, 1.82) is 0 Å². The van der Waals surface area contributed by atoms with Crippen molar-refractivity contribution in [3.05, 3.63) is 11.9 Å². The van der Waals surface area contributed by atoms with Crippen molar-refractivity contribution in [3.63, 3.8) is 0 Å². The highest BCUT2D eigenvalue weighted by atomic mass is 19.4. The van der Waals surface area contributed by atoms with Gasteiger partial charge < -0.3 is 19.9 Å². The van der Waals surface area contributed by atoms with Crippen LogP contribution in [0.2, 0.25) is 0 Å².